The van der Waals surface area contributed by atoms with Crippen molar-refractivity contribution in [2.45, 2.75) is 193 Å². The Labute approximate surface area is 322 Å². The maximum atomic E-state index is 12.6. The molecule has 3 unspecified atom stereocenters. The lowest BCUT2D eigenvalue weighted by molar-refractivity contribution is -0.161. The molecule has 0 aromatic heterocycles. The summed E-state index contributed by atoms with van der Waals surface area (Å²) in [6, 6.07) is 0. The van der Waals surface area contributed by atoms with E-state index in [4.69, 9.17) is 19.1 Å². The standard InChI is InChI=1S/C42H77O10P/c1-3-5-7-9-11-13-15-17-18-19-20-22-24-26-28-30-32-34-42(46)52-40(38-51-53(47,48)50-36-39(44)35-43)37-49-41(45)33-31-29-27-25-23-21-16-14-12-10-8-6-4-2/h11,13-14,16-18,39-40,43-44H,3-10,12,15,19-38H2,1-2H3,(H,47,48)/b13-11-,16-14-,18-17-. The number of phosphoric acid groups is 1. The van der Waals surface area contributed by atoms with Gasteiger partial charge in [-0.05, 0) is 70.6 Å². The van der Waals surface area contributed by atoms with Crippen molar-refractivity contribution in [1.29, 1.82) is 0 Å². The van der Waals surface area contributed by atoms with Crippen LogP contribution in [0.15, 0.2) is 36.5 Å². The molecule has 0 rings (SSSR count). The Hall–Kier alpha value is -1.81. The van der Waals surface area contributed by atoms with E-state index in [0.29, 0.717) is 12.8 Å². The summed E-state index contributed by atoms with van der Waals surface area (Å²) < 4.78 is 32.7. The number of rotatable bonds is 39. The third-order valence-electron chi connectivity index (χ3n) is 8.77. The first-order valence-electron chi connectivity index (χ1n) is 20.9. The van der Waals surface area contributed by atoms with Crippen molar-refractivity contribution in [3.8, 4) is 0 Å². The number of esters is 2. The Morgan fingerprint density at radius 2 is 0.981 bits per heavy atom. The number of phosphoric ester groups is 1. The van der Waals surface area contributed by atoms with Crippen LogP contribution >= 0.6 is 7.82 Å². The average Bonchev–Trinajstić information content (AvgIpc) is 3.14. The van der Waals surface area contributed by atoms with Crippen LogP contribution in [0.2, 0.25) is 0 Å². The first-order chi connectivity index (χ1) is 25.7. The van der Waals surface area contributed by atoms with Crippen molar-refractivity contribution in [1.82, 2.24) is 0 Å². The smallest absolute Gasteiger partial charge is 0.462 e. The molecule has 11 heteroatoms. The van der Waals surface area contributed by atoms with Gasteiger partial charge in [-0.25, -0.2) is 4.57 Å². The maximum absolute atomic E-state index is 12.6. The minimum atomic E-state index is -4.62. The summed E-state index contributed by atoms with van der Waals surface area (Å²) in [6.45, 7) is 2.32. The molecule has 0 radical (unpaired) electrons. The highest BCUT2D eigenvalue weighted by atomic mass is 31.2. The molecule has 0 aliphatic carbocycles. The molecule has 3 atom stereocenters. The fraction of sp³-hybridized carbons (Fsp3) is 0.810. The molecule has 0 heterocycles. The lowest BCUT2D eigenvalue weighted by atomic mass is 10.1. The molecule has 0 amide bonds. The van der Waals surface area contributed by atoms with Gasteiger partial charge in [0.15, 0.2) is 6.10 Å². The highest BCUT2D eigenvalue weighted by Gasteiger charge is 2.27. The third kappa shape index (κ3) is 38.3. The second-order valence-corrected chi connectivity index (χ2v) is 15.5. The molecule has 0 saturated carbocycles. The highest BCUT2D eigenvalue weighted by Crippen LogP contribution is 2.43. The first-order valence-corrected chi connectivity index (χ1v) is 22.4. The monoisotopic (exact) mass is 773 g/mol. The van der Waals surface area contributed by atoms with Crippen molar-refractivity contribution in [2.24, 2.45) is 0 Å². The van der Waals surface area contributed by atoms with Gasteiger partial charge in [-0.3, -0.25) is 18.6 Å². The van der Waals surface area contributed by atoms with Crippen molar-refractivity contribution in [3.05, 3.63) is 36.5 Å². The van der Waals surface area contributed by atoms with Crippen LogP contribution in [0.1, 0.15) is 181 Å². The molecule has 0 saturated heterocycles. The molecule has 3 N–H and O–H groups in total. The molecule has 0 aromatic rings. The van der Waals surface area contributed by atoms with E-state index < -0.39 is 51.8 Å². The van der Waals surface area contributed by atoms with E-state index in [1.165, 1.54) is 64.2 Å². The van der Waals surface area contributed by atoms with Gasteiger partial charge in [0.25, 0.3) is 0 Å². The van der Waals surface area contributed by atoms with E-state index in [1.807, 2.05) is 0 Å². The fourth-order valence-corrected chi connectivity index (χ4v) is 6.28. The zero-order valence-electron chi connectivity index (χ0n) is 33.5. The molecule has 0 bridgehead atoms. The Kier molecular flexibility index (Phi) is 37.2. The third-order valence-corrected chi connectivity index (χ3v) is 9.72. The number of aliphatic hydroxyl groups excluding tert-OH is 2. The number of hydrogen-bond donors (Lipinski definition) is 3. The largest absolute Gasteiger partial charge is 0.472 e. The second-order valence-electron chi connectivity index (χ2n) is 14.0. The normalized spacial score (nSPS) is 14.3. The molecular formula is C42H77O10P. The fourth-order valence-electron chi connectivity index (χ4n) is 5.49. The topological polar surface area (TPSA) is 149 Å². The number of carbonyl (C=O) groups excluding carboxylic acids is 2. The molecule has 310 valence electrons. The van der Waals surface area contributed by atoms with Crippen LogP contribution in [-0.4, -0.2) is 65.7 Å². The quantitative estimate of drug-likeness (QED) is 0.0238. The Bertz CT molecular complexity index is 983. The Morgan fingerprint density at radius 1 is 0.566 bits per heavy atom. The minimum Gasteiger partial charge on any atom is -0.462 e. The molecule has 0 aliphatic rings. The van der Waals surface area contributed by atoms with Gasteiger partial charge in [-0.15, -0.1) is 0 Å². The lowest BCUT2D eigenvalue weighted by Crippen LogP contribution is -2.29. The summed E-state index contributed by atoms with van der Waals surface area (Å²) in [6.07, 6.45) is 38.2. The summed E-state index contributed by atoms with van der Waals surface area (Å²) in [5.41, 5.74) is 0. The van der Waals surface area contributed by atoms with Crippen molar-refractivity contribution in [2.75, 3.05) is 26.4 Å². The molecule has 0 spiro atoms. The summed E-state index contributed by atoms with van der Waals surface area (Å²) in [5, 5.41) is 18.3. The van der Waals surface area contributed by atoms with Crippen LogP contribution in [0.25, 0.3) is 0 Å². The average molecular weight is 773 g/mol. The SMILES string of the molecule is CCCCC/C=C\C/C=C\CCCCCCCCCC(=O)OC(COC(=O)CCCCCCC/C=C\CCCCCC)COP(=O)(O)OCC(O)CO. The van der Waals surface area contributed by atoms with E-state index in [2.05, 4.69) is 54.8 Å². The van der Waals surface area contributed by atoms with Crippen LogP contribution in [0.4, 0.5) is 0 Å². The summed E-state index contributed by atoms with van der Waals surface area (Å²) >= 11 is 0. The lowest BCUT2D eigenvalue weighted by Gasteiger charge is -2.20. The van der Waals surface area contributed by atoms with E-state index in [0.717, 1.165) is 77.0 Å². The van der Waals surface area contributed by atoms with Gasteiger partial charge in [0.1, 0.15) is 12.7 Å². The Balaban J connectivity index is 4.34. The second kappa shape index (κ2) is 38.5. The minimum absolute atomic E-state index is 0.174. The van der Waals surface area contributed by atoms with Gasteiger partial charge in [-0.1, -0.05) is 134 Å². The zero-order valence-corrected chi connectivity index (χ0v) is 34.4. The van der Waals surface area contributed by atoms with Crippen molar-refractivity contribution < 1.29 is 47.8 Å². The molecule has 0 fully saturated rings. The number of unbranched alkanes of at least 4 members (excludes halogenated alkanes) is 19. The van der Waals surface area contributed by atoms with Gasteiger partial charge >= 0.3 is 19.8 Å². The summed E-state index contributed by atoms with van der Waals surface area (Å²) in [5.74, 6) is -0.944. The van der Waals surface area contributed by atoms with E-state index in [9.17, 15) is 24.2 Å². The molecule has 0 aromatic carbocycles. The van der Waals surface area contributed by atoms with Crippen LogP contribution in [0.3, 0.4) is 0 Å². The number of allylic oxidation sites excluding steroid dienone is 6. The zero-order chi connectivity index (χ0) is 39.1. The number of hydrogen-bond acceptors (Lipinski definition) is 9. The summed E-state index contributed by atoms with van der Waals surface area (Å²) in [7, 11) is -4.62. The van der Waals surface area contributed by atoms with E-state index in [-0.39, 0.29) is 19.4 Å². The van der Waals surface area contributed by atoms with Crippen LogP contribution in [-0.2, 0) is 32.7 Å². The van der Waals surface area contributed by atoms with Crippen LogP contribution in [0.5, 0.6) is 0 Å². The van der Waals surface area contributed by atoms with Crippen LogP contribution in [0, 0.1) is 0 Å². The summed E-state index contributed by atoms with van der Waals surface area (Å²) in [4.78, 5) is 34.9. The predicted molar refractivity (Wildman–Crippen MR) is 214 cm³/mol. The van der Waals surface area contributed by atoms with Gasteiger partial charge in [0.05, 0.1) is 19.8 Å². The number of aliphatic hydroxyl groups is 2. The predicted octanol–water partition coefficient (Wildman–Crippen LogP) is 10.8. The molecule has 0 aliphatic heterocycles. The number of carbonyl (C=O) groups is 2. The van der Waals surface area contributed by atoms with Gasteiger partial charge in [0, 0.05) is 12.8 Å². The van der Waals surface area contributed by atoms with Gasteiger partial charge in [0.2, 0.25) is 0 Å². The van der Waals surface area contributed by atoms with Gasteiger partial charge in [-0.2, -0.15) is 0 Å². The highest BCUT2D eigenvalue weighted by molar-refractivity contribution is 7.47. The molecular weight excluding hydrogens is 695 g/mol. The van der Waals surface area contributed by atoms with Gasteiger partial charge < -0.3 is 24.6 Å². The van der Waals surface area contributed by atoms with E-state index in [1.54, 1.807) is 0 Å². The van der Waals surface area contributed by atoms with E-state index >= 15 is 0 Å². The first kappa shape index (κ1) is 51.2. The molecule has 10 nitrogen and oxygen atoms in total. The van der Waals surface area contributed by atoms with Crippen molar-refractivity contribution in [3.63, 3.8) is 0 Å². The van der Waals surface area contributed by atoms with Crippen molar-refractivity contribution >= 4 is 19.8 Å². The molecule has 53 heavy (non-hydrogen) atoms. The maximum Gasteiger partial charge on any atom is 0.472 e. The van der Waals surface area contributed by atoms with Crippen LogP contribution < -0.4 is 0 Å². The number of ether oxygens (including phenoxy) is 2. The Morgan fingerprint density at radius 3 is 1.51 bits per heavy atom.